The lowest BCUT2D eigenvalue weighted by Crippen LogP contribution is -2.52. The fourth-order valence-electron chi connectivity index (χ4n) is 3.93. The van der Waals surface area contributed by atoms with E-state index >= 15 is 0 Å². The van der Waals surface area contributed by atoms with E-state index in [0.29, 0.717) is 5.04 Å². The maximum Gasteiger partial charge on any atom is 0.192 e. The molecule has 2 aliphatic carbocycles. The predicted molar refractivity (Wildman–Crippen MR) is 90.4 cm³/mol. The maximum absolute atomic E-state index is 6.97. The molecule has 0 unspecified atom stereocenters. The topological polar surface area (TPSA) is 9.23 Å². The lowest BCUT2D eigenvalue weighted by Gasteiger charge is -2.47. The Morgan fingerprint density at radius 3 is 2.45 bits per heavy atom. The molecule has 4 atom stereocenters. The van der Waals surface area contributed by atoms with Crippen LogP contribution in [0.5, 0.6) is 0 Å². The zero-order valence-electron chi connectivity index (χ0n) is 14.6. The van der Waals surface area contributed by atoms with Crippen LogP contribution in [0.25, 0.3) is 0 Å². The molecular formula is C18H34OSi. The van der Waals surface area contributed by atoms with E-state index in [1.54, 1.807) is 0 Å². The van der Waals surface area contributed by atoms with Crippen LogP contribution in [0.15, 0.2) is 12.2 Å². The average Bonchev–Trinajstić information content (AvgIpc) is 2.56. The van der Waals surface area contributed by atoms with Gasteiger partial charge in [0.1, 0.15) is 0 Å². The molecule has 0 spiro atoms. The number of hydrogen-bond donors (Lipinski definition) is 0. The van der Waals surface area contributed by atoms with Crippen molar-refractivity contribution in [2.24, 2.45) is 17.8 Å². The van der Waals surface area contributed by atoms with E-state index in [1.807, 2.05) is 0 Å². The van der Waals surface area contributed by atoms with Crippen LogP contribution in [-0.4, -0.2) is 13.9 Å². The Morgan fingerprint density at radius 2 is 1.85 bits per heavy atom. The van der Waals surface area contributed by atoms with E-state index in [0.717, 1.165) is 17.8 Å². The summed E-state index contributed by atoms with van der Waals surface area (Å²) < 4.78 is 6.97. The monoisotopic (exact) mass is 294 g/mol. The van der Waals surface area contributed by atoms with Gasteiger partial charge in [-0.25, -0.2) is 0 Å². The Kier molecular flexibility index (Phi) is 4.30. The van der Waals surface area contributed by atoms with Crippen molar-refractivity contribution in [1.29, 1.82) is 0 Å². The fraction of sp³-hybridized carbons (Fsp3) is 0.889. The second-order valence-corrected chi connectivity index (χ2v) is 13.6. The van der Waals surface area contributed by atoms with Crippen LogP contribution < -0.4 is 0 Å². The minimum atomic E-state index is -1.70. The van der Waals surface area contributed by atoms with E-state index < -0.39 is 8.32 Å². The lowest BCUT2D eigenvalue weighted by molar-refractivity contribution is -0.00422. The highest BCUT2D eigenvalue weighted by atomic mass is 28.4. The largest absolute Gasteiger partial charge is 0.411 e. The van der Waals surface area contributed by atoms with Crippen LogP contribution in [0.2, 0.25) is 18.1 Å². The van der Waals surface area contributed by atoms with Crippen LogP contribution in [0.1, 0.15) is 60.3 Å². The molecule has 0 saturated heterocycles. The van der Waals surface area contributed by atoms with Crippen LogP contribution in [0.4, 0.5) is 0 Å². The highest BCUT2D eigenvalue weighted by molar-refractivity contribution is 6.74. The molecule has 1 nitrogen and oxygen atoms in total. The molecule has 1 saturated carbocycles. The second-order valence-electron chi connectivity index (χ2n) is 8.88. The molecule has 0 amide bonds. The van der Waals surface area contributed by atoms with Gasteiger partial charge in [-0.05, 0) is 68.5 Å². The average molecular weight is 295 g/mol. The molecule has 2 rings (SSSR count). The second kappa shape index (κ2) is 5.28. The molecule has 2 aliphatic rings. The summed E-state index contributed by atoms with van der Waals surface area (Å²) in [6.07, 6.45) is 10.0. The van der Waals surface area contributed by atoms with Crippen LogP contribution in [-0.2, 0) is 4.43 Å². The summed E-state index contributed by atoms with van der Waals surface area (Å²) >= 11 is 0. The number of fused-ring (bicyclic) bond motifs is 1. The summed E-state index contributed by atoms with van der Waals surface area (Å²) in [6, 6.07) is 0. The van der Waals surface area contributed by atoms with Crippen molar-refractivity contribution >= 4 is 8.32 Å². The van der Waals surface area contributed by atoms with Gasteiger partial charge in [0.05, 0.1) is 5.60 Å². The minimum absolute atomic E-state index is 0.0852. The van der Waals surface area contributed by atoms with Crippen LogP contribution >= 0.6 is 0 Å². The van der Waals surface area contributed by atoms with E-state index in [9.17, 15) is 0 Å². The molecule has 0 radical (unpaired) electrons. The first-order valence-corrected chi connectivity index (χ1v) is 11.3. The Hall–Kier alpha value is -0.0831. The van der Waals surface area contributed by atoms with Gasteiger partial charge in [0.15, 0.2) is 8.32 Å². The van der Waals surface area contributed by atoms with E-state index in [1.165, 1.54) is 25.7 Å². The highest BCUT2D eigenvalue weighted by Crippen LogP contribution is 2.51. The Morgan fingerprint density at radius 1 is 1.20 bits per heavy atom. The summed E-state index contributed by atoms with van der Waals surface area (Å²) in [7, 11) is -1.70. The third kappa shape index (κ3) is 2.92. The van der Waals surface area contributed by atoms with Gasteiger partial charge in [0, 0.05) is 0 Å². The minimum Gasteiger partial charge on any atom is -0.411 e. The molecule has 2 heteroatoms. The third-order valence-corrected chi connectivity index (χ3v) is 10.9. The summed E-state index contributed by atoms with van der Waals surface area (Å²) in [5, 5.41) is 0.301. The van der Waals surface area contributed by atoms with Crippen molar-refractivity contribution in [2.75, 3.05) is 0 Å². The van der Waals surface area contributed by atoms with Crippen molar-refractivity contribution < 1.29 is 4.43 Å². The summed E-state index contributed by atoms with van der Waals surface area (Å²) in [5.41, 5.74) is 0.0852. The normalized spacial score (nSPS) is 38.6. The van der Waals surface area contributed by atoms with Crippen molar-refractivity contribution in [1.82, 2.24) is 0 Å². The van der Waals surface area contributed by atoms with Crippen LogP contribution in [0, 0.1) is 17.8 Å². The first kappa shape index (κ1) is 16.3. The molecule has 116 valence electrons. The first-order chi connectivity index (χ1) is 9.07. The summed E-state index contributed by atoms with van der Waals surface area (Å²) in [5.74, 6) is 2.30. The third-order valence-electron chi connectivity index (χ3n) is 6.30. The number of allylic oxidation sites excluding steroid dienone is 2. The smallest absolute Gasteiger partial charge is 0.192 e. The van der Waals surface area contributed by atoms with Gasteiger partial charge >= 0.3 is 0 Å². The van der Waals surface area contributed by atoms with E-state index in [-0.39, 0.29) is 5.60 Å². The fourth-order valence-corrected chi connectivity index (χ4v) is 5.66. The first-order valence-electron chi connectivity index (χ1n) is 8.44. The van der Waals surface area contributed by atoms with E-state index in [4.69, 9.17) is 4.43 Å². The van der Waals surface area contributed by atoms with Gasteiger partial charge in [-0.15, -0.1) is 0 Å². The Labute approximate surface area is 127 Å². The van der Waals surface area contributed by atoms with E-state index in [2.05, 4.69) is 59.9 Å². The van der Waals surface area contributed by atoms with Gasteiger partial charge in [0.2, 0.25) is 0 Å². The molecule has 0 heterocycles. The molecule has 0 bridgehead atoms. The zero-order valence-corrected chi connectivity index (χ0v) is 15.6. The SMILES string of the molecule is C[C@H]1CC[C@@H]2[C@H]1C=CCC[C@]2(C)O[Si](C)(C)C(C)(C)C. The lowest BCUT2D eigenvalue weighted by atomic mass is 9.79. The van der Waals surface area contributed by atoms with Crippen molar-refractivity contribution in [2.45, 2.75) is 84.0 Å². The van der Waals surface area contributed by atoms with Gasteiger partial charge in [-0.2, -0.15) is 0 Å². The van der Waals surface area contributed by atoms with Crippen molar-refractivity contribution in [3.8, 4) is 0 Å². The molecule has 20 heavy (non-hydrogen) atoms. The summed E-state index contributed by atoms with van der Waals surface area (Å²) in [6.45, 7) is 16.7. The highest BCUT2D eigenvalue weighted by Gasteiger charge is 2.50. The molecule has 1 fully saturated rings. The van der Waals surface area contributed by atoms with Gasteiger partial charge in [-0.1, -0.05) is 39.8 Å². The quantitative estimate of drug-likeness (QED) is 0.463. The van der Waals surface area contributed by atoms with Crippen LogP contribution in [0.3, 0.4) is 0 Å². The van der Waals surface area contributed by atoms with Gasteiger partial charge in [-0.3, -0.25) is 0 Å². The zero-order chi connectivity index (χ0) is 15.2. The Balaban J connectivity index is 2.25. The maximum atomic E-state index is 6.97. The standard InChI is InChI=1S/C18H34OSi/c1-14-11-12-16-15(14)10-8-9-13-18(16,5)19-20(6,7)17(2,3)4/h8,10,14-16H,9,11-13H2,1-7H3/t14-,15-,16+,18-/m0/s1. The number of rotatable bonds is 2. The van der Waals surface area contributed by atoms with Gasteiger partial charge < -0.3 is 4.43 Å². The molecular weight excluding hydrogens is 260 g/mol. The van der Waals surface area contributed by atoms with Crippen molar-refractivity contribution in [3.63, 3.8) is 0 Å². The molecule has 0 N–H and O–H groups in total. The van der Waals surface area contributed by atoms with Gasteiger partial charge in [0.25, 0.3) is 0 Å². The van der Waals surface area contributed by atoms with Crippen molar-refractivity contribution in [3.05, 3.63) is 12.2 Å². The predicted octanol–water partition coefficient (Wildman–Crippen LogP) is 5.78. The molecule has 0 aromatic rings. The molecule has 0 aliphatic heterocycles. The molecule has 0 aromatic heterocycles. The summed E-state index contributed by atoms with van der Waals surface area (Å²) in [4.78, 5) is 0. The molecule has 0 aromatic carbocycles. The number of hydrogen-bond acceptors (Lipinski definition) is 1. The Bertz CT molecular complexity index is 379.